The molecule has 1 aromatic rings. The molecular formula is C8H7ClF3NO. The Labute approximate surface area is 83.3 Å². The molecule has 6 heteroatoms. The summed E-state index contributed by atoms with van der Waals surface area (Å²) in [6.45, 7) is 0. The largest absolute Gasteiger partial charge is 0.417 e. The molecule has 0 aromatic carbocycles. The molecule has 0 aliphatic heterocycles. The van der Waals surface area contributed by atoms with Gasteiger partial charge in [0.05, 0.1) is 17.1 Å². The van der Waals surface area contributed by atoms with E-state index >= 15 is 0 Å². The third-order valence-electron chi connectivity index (χ3n) is 1.60. The van der Waals surface area contributed by atoms with Gasteiger partial charge >= 0.3 is 6.18 Å². The van der Waals surface area contributed by atoms with E-state index in [0.717, 1.165) is 12.1 Å². The first-order valence-corrected chi connectivity index (χ1v) is 4.26. The summed E-state index contributed by atoms with van der Waals surface area (Å²) in [5, 5.41) is 9.15. The van der Waals surface area contributed by atoms with Gasteiger partial charge in [0, 0.05) is 6.20 Å². The van der Waals surface area contributed by atoms with Crippen LogP contribution in [0.25, 0.3) is 0 Å². The zero-order valence-corrected chi connectivity index (χ0v) is 7.68. The molecule has 0 radical (unpaired) electrons. The first kappa shape index (κ1) is 11.3. The summed E-state index contributed by atoms with van der Waals surface area (Å²) >= 11 is 5.30. The van der Waals surface area contributed by atoms with Crippen LogP contribution >= 0.6 is 11.6 Å². The normalized spacial score (nSPS) is 14.1. The van der Waals surface area contributed by atoms with Crippen molar-refractivity contribution in [2.75, 3.05) is 5.88 Å². The standard InChI is InChI=1S/C8H7ClF3NO/c9-3-7(14)6-2-1-5(4-13-6)8(10,11)12/h1-2,4,7,14H,3H2. The Hall–Kier alpha value is -0.810. The highest BCUT2D eigenvalue weighted by Crippen LogP contribution is 2.28. The number of hydrogen-bond acceptors (Lipinski definition) is 2. The van der Waals surface area contributed by atoms with Crippen LogP contribution in [0.5, 0.6) is 0 Å². The minimum atomic E-state index is -4.41. The third kappa shape index (κ3) is 2.59. The van der Waals surface area contributed by atoms with Gasteiger partial charge in [0.15, 0.2) is 0 Å². The quantitative estimate of drug-likeness (QED) is 0.784. The van der Waals surface area contributed by atoms with Gasteiger partial charge in [-0.3, -0.25) is 4.98 Å². The molecule has 0 bridgehead atoms. The van der Waals surface area contributed by atoms with Crippen molar-refractivity contribution in [3.8, 4) is 0 Å². The van der Waals surface area contributed by atoms with Crippen LogP contribution in [0.15, 0.2) is 18.3 Å². The average molecular weight is 226 g/mol. The number of pyridine rings is 1. The molecule has 0 aliphatic carbocycles. The van der Waals surface area contributed by atoms with Crippen molar-refractivity contribution in [1.29, 1.82) is 0 Å². The smallest absolute Gasteiger partial charge is 0.386 e. The minimum absolute atomic E-state index is 0.0988. The highest BCUT2D eigenvalue weighted by molar-refractivity contribution is 6.18. The summed E-state index contributed by atoms with van der Waals surface area (Å²) in [7, 11) is 0. The van der Waals surface area contributed by atoms with Gasteiger partial charge in [-0.05, 0) is 12.1 Å². The van der Waals surface area contributed by atoms with Crippen LogP contribution in [0.4, 0.5) is 13.2 Å². The number of aliphatic hydroxyl groups excluding tert-OH is 1. The fraction of sp³-hybridized carbons (Fsp3) is 0.375. The van der Waals surface area contributed by atoms with Gasteiger partial charge in [-0.1, -0.05) is 0 Å². The molecule has 1 N–H and O–H groups in total. The van der Waals surface area contributed by atoms with E-state index < -0.39 is 17.8 Å². The Morgan fingerprint density at radius 3 is 2.43 bits per heavy atom. The van der Waals surface area contributed by atoms with Crippen LogP contribution in [0.3, 0.4) is 0 Å². The zero-order chi connectivity index (χ0) is 10.8. The van der Waals surface area contributed by atoms with E-state index in [-0.39, 0.29) is 11.6 Å². The zero-order valence-electron chi connectivity index (χ0n) is 6.92. The number of halogens is 4. The number of hydrogen-bond donors (Lipinski definition) is 1. The predicted octanol–water partition coefficient (Wildman–Crippen LogP) is 2.37. The molecule has 0 spiro atoms. The van der Waals surface area contributed by atoms with Crippen LogP contribution in [0.2, 0.25) is 0 Å². The second-order valence-electron chi connectivity index (χ2n) is 2.64. The maximum Gasteiger partial charge on any atom is 0.417 e. The highest BCUT2D eigenvalue weighted by Gasteiger charge is 2.30. The maximum atomic E-state index is 12.1. The number of aliphatic hydroxyl groups is 1. The van der Waals surface area contributed by atoms with E-state index in [1.165, 1.54) is 0 Å². The second kappa shape index (κ2) is 4.14. The van der Waals surface area contributed by atoms with Crippen molar-refractivity contribution in [1.82, 2.24) is 4.98 Å². The molecule has 0 saturated heterocycles. The first-order chi connectivity index (χ1) is 6.45. The summed E-state index contributed by atoms with van der Waals surface area (Å²) in [4.78, 5) is 3.46. The minimum Gasteiger partial charge on any atom is -0.386 e. The summed E-state index contributed by atoms with van der Waals surface area (Å²) in [5.74, 6) is -0.0988. The topological polar surface area (TPSA) is 33.1 Å². The fourth-order valence-corrected chi connectivity index (χ4v) is 1.01. The van der Waals surface area contributed by atoms with Gasteiger partial charge in [-0.25, -0.2) is 0 Å². The van der Waals surface area contributed by atoms with E-state index in [0.29, 0.717) is 6.20 Å². The van der Waals surface area contributed by atoms with Gasteiger partial charge in [0.25, 0.3) is 0 Å². The lowest BCUT2D eigenvalue weighted by Crippen LogP contribution is -2.08. The van der Waals surface area contributed by atoms with E-state index in [2.05, 4.69) is 4.98 Å². The Kier molecular flexibility index (Phi) is 3.34. The van der Waals surface area contributed by atoms with Crippen molar-refractivity contribution < 1.29 is 18.3 Å². The lowest BCUT2D eigenvalue weighted by molar-refractivity contribution is -0.137. The van der Waals surface area contributed by atoms with Gasteiger partial charge in [-0.15, -0.1) is 11.6 Å². The Bertz CT molecular complexity index is 298. The highest BCUT2D eigenvalue weighted by atomic mass is 35.5. The predicted molar refractivity (Wildman–Crippen MR) is 44.9 cm³/mol. The summed E-state index contributed by atoms with van der Waals surface area (Å²) in [6, 6.07) is 1.97. The van der Waals surface area contributed by atoms with Crippen LogP contribution in [0, 0.1) is 0 Å². The average Bonchev–Trinajstić information content (AvgIpc) is 2.15. The fourth-order valence-electron chi connectivity index (χ4n) is 0.849. The summed E-state index contributed by atoms with van der Waals surface area (Å²) in [5.41, 5.74) is -0.712. The van der Waals surface area contributed by atoms with Gasteiger partial charge in [0.1, 0.15) is 6.10 Å². The van der Waals surface area contributed by atoms with Crippen molar-refractivity contribution in [3.05, 3.63) is 29.6 Å². The van der Waals surface area contributed by atoms with Crippen LogP contribution < -0.4 is 0 Å². The van der Waals surface area contributed by atoms with E-state index in [4.69, 9.17) is 16.7 Å². The van der Waals surface area contributed by atoms with Gasteiger partial charge in [0.2, 0.25) is 0 Å². The lowest BCUT2D eigenvalue weighted by atomic mass is 10.2. The summed E-state index contributed by atoms with van der Waals surface area (Å²) < 4.78 is 36.2. The molecule has 1 unspecified atom stereocenters. The van der Waals surface area contributed by atoms with Crippen molar-refractivity contribution in [2.24, 2.45) is 0 Å². The molecule has 0 aliphatic rings. The van der Waals surface area contributed by atoms with E-state index in [1.807, 2.05) is 0 Å². The number of nitrogens with zero attached hydrogens (tertiary/aromatic N) is 1. The molecule has 1 atom stereocenters. The van der Waals surface area contributed by atoms with Crippen molar-refractivity contribution >= 4 is 11.6 Å². The van der Waals surface area contributed by atoms with Crippen LogP contribution in [-0.2, 0) is 6.18 Å². The monoisotopic (exact) mass is 225 g/mol. The first-order valence-electron chi connectivity index (χ1n) is 3.72. The summed E-state index contributed by atoms with van der Waals surface area (Å²) in [6.07, 6.45) is -4.76. The molecule has 78 valence electrons. The maximum absolute atomic E-state index is 12.1. The molecule has 2 nitrogen and oxygen atoms in total. The molecule has 1 aromatic heterocycles. The van der Waals surface area contributed by atoms with Gasteiger partial charge in [-0.2, -0.15) is 13.2 Å². The van der Waals surface area contributed by atoms with E-state index in [9.17, 15) is 13.2 Å². The molecular weight excluding hydrogens is 219 g/mol. The van der Waals surface area contributed by atoms with Crippen molar-refractivity contribution in [3.63, 3.8) is 0 Å². The Morgan fingerprint density at radius 2 is 2.07 bits per heavy atom. The number of aromatic nitrogens is 1. The number of rotatable bonds is 2. The SMILES string of the molecule is OC(CCl)c1ccc(C(F)(F)F)cn1. The van der Waals surface area contributed by atoms with Crippen LogP contribution in [0.1, 0.15) is 17.4 Å². The molecule has 0 fully saturated rings. The molecule has 0 amide bonds. The molecule has 14 heavy (non-hydrogen) atoms. The second-order valence-corrected chi connectivity index (χ2v) is 2.95. The molecule has 1 heterocycles. The number of alkyl halides is 4. The molecule has 0 saturated carbocycles. The third-order valence-corrected chi connectivity index (χ3v) is 1.89. The van der Waals surface area contributed by atoms with Gasteiger partial charge < -0.3 is 5.11 Å². The van der Waals surface area contributed by atoms with Crippen molar-refractivity contribution in [2.45, 2.75) is 12.3 Å². The van der Waals surface area contributed by atoms with E-state index in [1.54, 1.807) is 0 Å². The molecule has 1 rings (SSSR count). The Balaban J connectivity index is 2.89. The lowest BCUT2D eigenvalue weighted by Gasteiger charge is -2.08. The van der Waals surface area contributed by atoms with Crippen LogP contribution in [-0.4, -0.2) is 16.0 Å². The Morgan fingerprint density at radius 1 is 1.43 bits per heavy atom.